The van der Waals surface area contributed by atoms with Crippen molar-refractivity contribution in [1.29, 1.82) is 0 Å². The van der Waals surface area contributed by atoms with E-state index in [-0.39, 0.29) is 17.4 Å². The summed E-state index contributed by atoms with van der Waals surface area (Å²) in [5, 5.41) is 3.29. The Balaban J connectivity index is 1.52. The zero-order valence-electron chi connectivity index (χ0n) is 21.2. The molecule has 2 aromatic heterocycles. The van der Waals surface area contributed by atoms with Gasteiger partial charge < -0.3 is 30.2 Å². The quantitative estimate of drug-likeness (QED) is 0.378. The van der Waals surface area contributed by atoms with Crippen LogP contribution < -0.4 is 20.7 Å². The summed E-state index contributed by atoms with van der Waals surface area (Å²) in [5.41, 5.74) is 9.98. The molecule has 0 aliphatic carbocycles. The van der Waals surface area contributed by atoms with Gasteiger partial charge in [0.05, 0.1) is 23.2 Å². The van der Waals surface area contributed by atoms with E-state index in [0.717, 1.165) is 48.8 Å². The smallest absolute Gasteiger partial charge is 0.222 e. The third kappa shape index (κ3) is 5.05. The first-order chi connectivity index (χ1) is 17.7. The molecule has 4 aromatic rings. The summed E-state index contributed by atoms with van der Waals surface area (Å²) in [5.74, 6) is 1.35. The first-order valence-corrected chi connectivity index (χ1v) is 13.9. The van der Waals surface area contributed by atoms with Crippen LogP contribution in [0.5, 0.6) is 5.75 Å². The van der Waals surface area contributed by atoms with E-state index in [1.807, 2.05) is 29.0 Å². The summed E-state index contributed by atoms with van der Waals surface area (Å²) in [6.07, 6.45) is 3.11. The highest BCUT2D eigenvalue weighted by atomic mass is 32.2. The van der Waals surface area contributed by atoms with Crippen molar-refractivity contribution in [3.05, 3.63) is 60.3 Å². The number of nitrogens with one attached hydrogen (secondary N) is 1. The van der Waals surface area contributed by atoms with E-state index in [1.165, 1.54) is 6.26 Å². The van der Waals surface area contributed by atoms with E-state index < -0.39 is 9.84 Å². The van der Waals surface area contributed by atoms with Crippen LogP contribution in [0.1, 0.15) is 5.56 Å². The number of nitrogens with zero attached hydrogens (tertiary/aromatic N) is 5. The number of benzene rings is 2. The lowest BCUT2D eigenvalue weighted by molar-refractivity contribution is 0.312. The molecule has 1 saturated heterocycles. The highest BCUT2D eigenvalue weighted by Gasteiger charge is 2.19. The molecular weight excluding hydrogens is 490 g/mol. The molecule has 1 fully saturated rings. The molecular formula is C26H31N7O3S. The number of ether oxygens (including phenoxy) is 1. The molecule has 1 aliphatic rings. The predicted octanol–water partition coefficient (Wildman–Crippen LogP) is 2.78. The second kappa shape index (κ2) is 9.91. The molecule has 0 atom stereocenters. The van der Waals surface area contributed by atoms with Gasteiger partial charge in [-0.25, -0.2) is 13.4 Å². The number of nitrogens with two attached hydrogens (primary N) is 1. The summed E-state index contributed by atoms with van der Waals surface area (Å²) < 4.78 is 32.3. The van der Waals surface area contributed by atoms with Crippen LogP contribution in [0.25, 0.3) is 16.7 Å². The van der Waals surface area contributed by atoms with Crippen LogP contribution in [0.3, 0.4) is 0 Å². The number of methoxy groups -OCH3 is 1. The summed E-state index contributed by atoms with van der Waals surface area (Å²) in [6, 6.07) is 15.0. The maximum absolute atomic E-state index is 12.3. The molecule has 3 N–H and O–H groups in total. The average molecular weight is 522 g/mol. The largest absolute Gasteiger partial charge is 0.494 e. The normalized spacial score (nSPS) is 14.7. The maximum atomic E-state index is 12.3. The second-order valence-electron chi connectivity index (χ2n) is 9.23. The van der Waals surface area contributed by atoms with Crippen molar-refractivity contribution < 1.29 is 13.2 Å². The molecule has 1 aliphatic heterocycles. The van der Waals surface area contributed by atoms with E-state index in [9.17, 15) is 8.42 Å². The van der Waals surface area contributed by atoms with Gasteiger partial charge in [-0.1, -0.05) is 18.2 Å². The van der Waals surface area contributed by atoms with Crippen LogP contribution in [-0.2, 0) is 16.4 Å². The van der Waals surface area contributed by atoms with Crippen LogP contribution in [0.4, 0.5) is 17.5 Å². The molecule has 11 heteroatoms. The van der Waals surface area contributed by atoms with E-state index in [4.69, 9.17) is 10.5 Å². The van der Waals surface area contributed by atoms with Crippen LogP contribution >= 0.6 is 0 Å². The molecule has 0 spiro atoms. The fourth-order valence-corrected chi connectivity index (χ4v) is 5.65. The zero-order valence-corrected chi connectivity index (χ0v) is 22.0. The summed E-state index contributed by atoms with van der Waals surface area (Å²) in [6.45, 7) is 4.20. The fourth-order valence-electron chi connectivity index (χ4n) is 4.70. The lowest BCUT2D eigenvalue weighted by Gasteiger charge is -2.34. The predicted molar refractivity (Wildman–Crippen MR) is 146 cm³/mol. The van der Waals surface area contributed by atoms with Gasteiger partial charge in [0.1, 0.15) is 11.3 Å². The molecule has 0 unspecified atom stereocenters. The average Bonchev–Trinajstić information content (AvgIpc) is 3.30. The van der Waals surface area contributed by atoms with E-state index in [2.05, 4.69) is 44.3 Å². The van der Waals surface area contributed by atoms with Crippen molar-refractivity contribution in [1.82, 2.24) is 19.4 Å². The number of rotatable bonds is 7. The first kappa shape index (κ1) is 24.8. The van der Waals surface area contributed by atoms with Gasteiger partial charge in [-0.15, -0.1) is 0 Å². The highest BCUT2D eigenvalue weighted by Crippen LogP contribution is 2.34. The Morgan fingerprint density at radius 1 is 1.05 bits per heavy atom. The third-order valence-corrected chi connectivity index (χ3v) is 7.86. The molecule has 2 aromatic carbocycles. The second-order valence-corrected chi connectivity index (χ2v) is 11.2. The number of sulfone groups is 1. The van der Waals surface area contributed by atoms with E-state index >= 15 is 0 Å². The number of likely N-dealkylation sites (N-methyl/N-ethyl adjacent to an activating group) is 1. The number of fused-ring (bicyclic) bond motifs is 1. The third-order valence-electron chi connectivity index (χ3n) is 6.66. The van der Waals surface area contributed by atoms with Gasteiger partial charge in [0.2, 0.25) is 5.95 Å². The molecule has 0 amide bonds. The van der Waals surface area contributed by atoms with Crippen molar-refractivity contribution in [2.75, 3.05) is 62.5 Å². The topological polar surface area (TPSA) is 119 Å². The minimum atomic E-state index is -3.38. The Morgan fingerprint density at radius 3 is 2.54 bits per heavy atom. The minimum absolute atomic E-state index is 0.126. The monoisotopic (exact) mass is 521 g/mol. The molecule has 3 heterocycles. The Bertz CT molecular complexity index is 1540. The number of piperazine rings is 1. The Hall–Kier alpha value is -3.83. The van der Waals surface area contributed by atoms with Gasteiger partial charge in [0, 0.05) is 56.9 Å². The minimum Gasteiger partial charge on any atom is -0.494 e. The van der Waals surface area contributed by atoms with Crippen molar-refractivity contribution in [2.24, 2.45) is 0 Å². The van der Waals surface area contributed by atoms with Gasteiger partial charge in [-0.05, 0) is 36.9 Å². The van der Waals surface area contributed by atoms with Gasteiger partial charge in [0.15, 0.2) is 15.7 Å². The number of aromatic nitrogens is 3. The van der Waals surface area contributed by atoms with E-state index in [1.54, 1.807) is 25.3 Å². The molecule has 0 saturated carbocycles. The van der Waals surface area contributed by atoms with Crippen molar-refractivity contribution in [2.45, 2.75) is 11.4 Å². The lowest BCUT2D eigenvalue weighted by atomic mass is 10.2. The fraction of sp³-hybridized carbons (Fsp3) is 0.308. The summed E-state index contributed by atoms with van der Waals surface area (Å²) >= 11 is 0. The number of nitrogen functional groups attached to an aromatic ring is 1. The highest BCUT2D eigenvalue weighted by molar-refractivity contribution is 7.90. The zero-order chi connectivity index (χ0) is 26.2. The molecule has 0 radical (unpaired) electrons. The first-order valence-electron chi connectivity index (χ1n) is 12.0. The molecule has 194 valence electrons. The number of anilines is 3. The van der Waals surface area contributed by atoms with Crippen LogP contribution in [0.2, 0.25) is 0 Å². The number of hydrogen-bond acceptors (Lipinski definition) is 9. The van der Waals surface area contributed by atoms with Crippen molar-refractivity contribution >= 4 is 38.3 Å². The summed E-state index contributed by atoms with van der Waals surface area (Å²) in [4.78, 5) is 13.8. The van der Waals surface area contributed by atoms with Gasteiger partial charge in [0.25, 0.3) is 0 Å². The molecule has 5 rings (SSSR count). The summed E-state index contributed by atoms with van der Waals surface area (Å²) in [7, 11) is 0.418. The SMILES string of the molecule is COc1cc(N2CCN(C)CC2)ccc1-n1ccc2nc(N)nc(NCc3ccccc3S(C)(=O)=O)c21. The maximum Gasteiger partial charge on any atom is 0.222 e. The van der Waals surface area contributed by atoms with Crippen LogP contribution in [-0.4, -0.2) is 74.4 Å². The van der Waals surface area contributed by atoms with Crippen LogP contribution in [0.15, 0.2) is 59.6 Å². The lowest BCUT2D eigenvalue weighted by Crippen LogP contribution is -2.44. The van der Waals surface area contributed by atoms with Gasteiger partial charge >= 0.3 is 0 Å². The molecule has 37 heavy (non-hydrogen) atoms. The van der Waals surface area contributed by atoms with Crippen molar-refractivity contribution in [3.8, 4) is 11.4 Å². The Labute approximate surface area is 216 Å². The molecule has 10 nitrogen and oxygen atoms in total. The van der Waals surface area contributed by atoms with E-state index in [0.29, 0.717) is 16.9 Å². The Kier molecular flexibility index (Phi) is 6.65. The van der Waals surface area contributed by atoms with Gasteiger partial charge in [-0.3, -0.25) is 0 Å². The Morgan fingerprint density at radius 2 is 1.81 bits per heavy atom. The molecule has 0 bridgehead atoms. The van der Waals surface area contributed by atoms with Crippen LogP contribution in [0, 0.1) is 0 Å². The van der Waals surface area contributed by atoms with Crippen molar-refractivity contribution in [3.63, 3.8) is 0 Å². The number of hydrogen-bond donors (Lipinski definition) is 2. The standard InChI is InChI=1S/C26H31N7O3S/c1-31-12-14-32(15-13-31)19-8-9-21(22(16-19)36-2)33-11-10-20-24(33)25(30-26(27)29-20)28-17-18-6-4-5-7-23(18)37(3,34)35/h4-11,16H,12-15,17H2,1-3H3,(H3,27,28,29,30). The van der Waals surface area contributed by atoms with Gasteiger partial charge in [-0.2, -0.15) is 4.98 Å².